The molecule has 6 nitrogen and oxygen atoms in total. The van der Waals surface area contributed by atoms with E-state index in [1.165, 1.54) is 0 Å². The van der Waals surface area contributed by atoms with Gasteiger partial charge in [-0.1, -0.05) is 35.9 Å². The van der Waals surface area contributed by atoms with Crippen LogP contribution in [0.4, 0.5) is 5.69 Å². The average molecular weight is 402 g/mol. The summed E-state index contributed by atoms with van der Waals surface area (Å²) in [5.74, 6) is -0.0346. The van der Waals surface area contributed by atoms with E-state index in [-0.39, 0.29) is 17.9 Å². The highest BCUT2D eigenvalue weighted by atomic mass is 35.5. The highest BCUT2D eigenvalue weighted by Gasteiger charge is 2.29. The Kier molecular flexibility index (Phi) is 6.54. The second-order valence-electron chi connectivity index (χ2n) is 6.89. The lowest BCUT2D eigenvalue weighted by molar-refractivity contribution is -0.123. The third kappa shape index (κ3) is 5.03. The van der Waals surface area contributed by atoms with Crippen molar-refractivity contribution in [3.63, 3.8) is 0 Å². The first-order chi connectivity index (χ1) is 13.4. The van der Waals surface area contributed by atoms with E-state index >= 15 is 0 Å². The van der Waals surface area contributed by atoms with Gasteiger partial charge in [0.25, 0.3) is 5.91 Å². The van der Waals surface area contributed by atoms with Crippen LogP contribution in [0.1, 0.15) is 25.3 Å². The van der Waals surface area contributed by atoms with Crippen LogP contribution in [0, 0.1) is 0 Å². The first kappa shape index (κ1) is 20.2. The van der Waals surface area contributed by atoms with Crippen LogP contribution >= 0.6 is 11.6 Å². The molecular formula is C21H24ClN3O3. The Morgan fingerprint density at radius 1 is 1.29 bits per heavy atom. The topological polar surface area (TPSA) is 84.7 Å². The second-order valence-corrected chi connectivity index (χ2v) is 7.33. The molecule has 0 saturated carbocycles. The number of likely N-dealkylation sites (tertiary alicyclic amines) is 1. The van der Waals surface area contributed by atoms with Gasteiger partial charge in [0.15, 0.2) is 6.10 Å². The maximum atomic E-state index is 12.6. The SMILES string of the molecule is CC(Oc1cccc(Cl)c1)C(=O)Nc1ccccc1CN1CCCC1C(N)=O. The number of ether oxygens (including phenoxy) is 1. The molecule has 2 amide bonds. The van der Waals surface area contributed by atoms with Crippen LogP contribution in [-0.4, -0.2) is 35.4 Å². The van der Waals surface area contributed by atoms with Gasteiger partial charge in [0.2, 0.25) is 5.91 Å². The molecule has 2 atom stereocenters. The summed E-state index contributed by atoms with van der Waals surface area (Å²) in [6, 6.07) is 14.2. The molecule has 0 spiro atoms. The monoisotopic (exact) mass is 401 g/mol. The average Bonchev–Trinajstić information content (AvgIpc) is 3.12. The molecule has 3 rings (SSSR count). The summed E-state index contributed by atoms with van der Waals surface area (Å²) in [6.07, 6.45) is 1.01. The summed E-state index contributed by atoms with van der Waals surface area (Å²) in [5.41, 5.74) is 7.14. The summed E-state index contributed by atoms with van der Waals surface area (Å²) in [5, 5.41) is 3.47. The summed E-state index contributed by atoms with van der Waals surface area (Å²) in [6.45, 7) is 3.04. The number of primary amides is 1. The molecule has 1 aliphatic heterocycles. The molecule has 148 valence electrons. The fraction of sp³-hybridized carbons (Fsp3) is 0.333. The molecule has 1 saturated heterocycles. The predicted molar refractivity (Wildman–Crippen MR) is 109 cm³/mol. The molecule has 0 radical (unpaired) electrons. The van der Waals surface area contributed by atoms with E-state index < -0.39 is 6.10 Å². The lowest BCUT2D eigenvalue weighted by Crippen LogP contribution is -2.40. The molecule has 1 heterocycles. The van der Waals surface area contributed by atoms with Gasteiger partial charge >= 0.3 is 0 Å². The number of hydrogen-bond acceptors (Lipinski definition) is 4. The first-order valence-electron chi connectivity index (χ1n) is 9.28. The molecule has 28 heavy (non-hydrogen) atoms. The Bertz CT molecular complexity index is 858. The Morgan fingerprint density at radius 3 is 2.82 bits per heavy atom. The molecule has 1 aliphatic rings. The molecule has 2 aromatic rings. The van der Waals surface area contributed by atoms with Crippen LogP contribution in [0.2, 0.25) is 5.02 Å². The van der Waals surface area contributed by atoms with Crippen molar-refractivity contribution in [2.75, 3.05) is 11.9 Å². The Hall–Kier alpha value is -2.57. The highest BCUT2D eigenvalue weighted by Crippen LogP contribution is 2.24. The quantitative estimate of drug-likeness (QED) is 0.746. The number of halogens is 1. The minimum atomic E-state index is -0.698. The number of nitrogens with two attached hydrogens (primary N) is 1. The number of amides is 2. The van der Waals surface area contributed by atoms with Crippen molar-refractivity contribution in [3.8, 4) is 5.75 Å². The largest absolute Gasteiger partial charge is 0.481 e. The Labute approximate surface area is 169 Å². The minimum Gasteiger partial charge on any atom is -0.481 e. The molecule has 2 unspecified atom stereocenters. The standard InChI is InChI=1S/C21H24ClN3O3/c1-14(28-17-8-4-7-16(22)12-17)21(27)24-18-9-3-2-6-15(18)13-25-11-5-10-19(25)20(23)26/h2-4,6-9,12,14,19H,5,10-11,13H2,1H3,(H2,23,26)(H,24,27). The number of rotatable bonds is 7. The zero-order valence-corrected chi connectivity index (χ0v) is 16.5. The smallest absolute Gasteiger partial charge is 0.265 e. The molecule has 7 heteroatoms. The van der Waals surface area contributed by atoms with Gasteiger partial charge in [-0.05, 0) is 56.1 Å². The maximum Gasteiger partial charge on any atom is 0.265 e. The molecular weight excluding hydrogens is 378 g/mol. The van der Waals surface area contributed by atoms with Crippen LogP contribution in [0.25, 0.3) is 0 Å². The van der Waals surface area contributed by atoms with E-state index in [9.17, 15) is 9.59 Å². The van der Waals surface area contributed by atoms with Crippen molar-refractivity contribution in [2.45, 2.75) is 38.5 Å². The van der Waals surface area contributed by atoms with Crippen LogP contribution in [-0.2, 0) is 16.1 Å². The third-order valence-corrected chi connectivity index (χ3v) is 5.05. The van der Waals surface area contributed by atoms with Crippen LogP contribution in [0.5, 0.6) is 5.75 Å². The van der Waals surface area contributed by atoms with Crippen molar-refractivity contribution >= 4 is 29.1 Å². The molecule has 1 fully saturated rings. The fourth-order valence-corrected chi connectivity index (χ4v) is 3.55. The van der Waals surface area contributed by atoms with Gasteiger partial charge in [0.05, 0.1) is 6.04 Å². The molecule has 0 bridgehead atoms. The molecule has 0 aliphatic carbocycles. The summed E-state index contributed by atoms with van der Waals surface area (Å²) < 4.78 is 5.68. The third-order valence-electron chi connectivity index (χ3n) is 4.82. The number of para-hydroxylation sites is 1. The normalized spacial score (nSPS) is 17.9. The van der Waals surface area contributed by atoms with Gasteiger partial charge in [-0.15, -0.1) is 0 Å². The summed E-state index contributed by atoms with van der Waals surface area (Å²) >= 11 is 5.96. The van der Waals surface area contributed by atoms with Crippen molar-refractivity contribution in [3.05, 3.63) is 59.1 Å². The highest BCUT2D eigenvalue weighted by molar-refractivity contribution is 6.30. The number of nitrogens with one attached hydrogen (secondary N) is 1. The van der Waals surface area contributed by atoms with Gasteiger partial charge < -0.3 is 15.8 Å². The number of nitrogens with zero attached hydrogens (tertiary/aromatic N) is 1. The zero-order chi connectivity index (χ0) is 20.1. The number of anilines is 1. The minimum absolute atomic E-state index is 0.256. The Balaban J connectivity index is 1.67. The van der Waals surface area contributed by atoms with E-state index in [2.05, 4.69) is 10.2 Å². The number of carbonyl (C=O) groups excluding carboxylic acids is 2. The van der Waals surface area contributed by atoms with Gasteiger partial charge in [-0.2, -0.15) is 0 Å². The van der Waals surface area contributed by atoms with Crippen LogP contribution in [0.15, 0.2) is 48.5 Å². The first-order valence-corrected chi connectivity index (χ1v) is 9.66. The van der Waals surface area contributed by atoms with E-state index in [1.54, 1.807) is 31.2 Å². The number of benzene rings is 2. The molecule has 0 aromatic heterocycles. The maximum absolute atomic E-state index is 12.6. The number of carbonyl (C=O) groups is 2. The van der Waals surface area contributed by atoms with Crippen molar-refractivity contribution in [1.29, 1.82) is 0 Å². The van der Waals surface area contributed by atoms with Gasteiger partial charge in [-0.25, -0.2) is 0 Å². The second kappa shape index (κ2) is 9.08. The fourth-order valence-electron chi connectivity index (χ4n) is 3.37. The van der Waals surface area contributed by atoms with Crippen LogP contribution in [0.3, 0.4) is 0 Å². The molecule has 3 N–H and O–H groups in total. The summed E-state index contributed by atoms with van der Waals surface area (Å²) in [4.78, 5) is 26.3. The number of hydrogen-bond donors (Lipinski definition) is 2. The molecule has 2 aromatic carbocycles. The van der Waals surface area contributed by atoms with Gasteiger partial charge in [0, 0.05) is 17.3 Å². The van der Waals surface area contributed by atoms with E-state index in [0.29, 0.717) is 23.0 Å². The lowest BCUT2D eigenvalue weighted by Gasteiger charge is -2.23. The van der Waals surface area contributed by atoms with Gasteiger partial charge in [0.1, 0.15) is 5.75 Å². The van der Waals surface area contributed by atoms with E-state index in [4.69, 9.17) is 22.1 Å². The van der Waals surface area contributed by atoms with E-state index in [1.807, 2.05) is 24.3 Å². The van der Waals surface area contributed by atoms with Crippen LogP contribution < -0.4 is 15.8 Å². The van der Waals surface area contributed by atoms with Gasteiger partial charge in [-0.3, -0.25) is 14.5 Å². The lowest BCUT2D eigenvalue weighted by atomic mass is 10.1. The van der Waals surface area contributed by atoms with Crippen molar-refractivity contribution < 1.29 is 14.3 Å². The van der Waals surface area contributed by atoms with Crippen molar-refractivity contribution in [2.24, 2.45) is 5.73 Å². The Morgan fingerprint density at radius 2 is 2.07 bits per heavy atom. The summed E-state index contributed by atoms with van der Waals surface area (Å²) in [7, 11) is 0. The van der Waals surface area contributed by atoms with Crippen molar-refractivity contribution in [1.82, 2.24) is 4.90 Å². The predicted octanol–water partition coefficient (Wildman–Crippen LogP) is 3.20. The zero-order valence-electron chi connectivity index (χ0n) is 15.7. The van der Waals surface area contributed by atoms with E-state index in [0.717, 1.165) is 24.9 Å².